The number of halogens is 2. The van der Waals surface area contributed by atoms with Crippen LogP contribution in [0.4, 0.5) is 0 Å². The van der Waals surface area contributed by atoms with Gasteiger partial charge in [-0.25, -0.2) is 4.98 Å². The van der Waals surface area contributed by atoms with Crippen LogP contribution in [0.1, 0.15) is 5.56 Å². The summed E-state index contributed by atoms with van der Waals surface area (Å²) >= 11 is 12.3. The van der Waals surface area contributed by atoms with E-state index in [1.54, 1.807) is 6.20 Å². The van der Waals surface area contributed by atoms with Crippen LogP contribution in [0.2, 0.25) is 0 Å². The second-order valence-electron chi connectivity index (χ2n) is 4.17. The Bertz CT molecular complexity index is 807. The molecule has 0 unspecified atom stereocenters. The third-order valence-corrected chi connectivity index (χ3v) is 4.05. The summed E-state index contributed by atoms with van der Waals surface area (Å²) in [6.07, 6.45) is 1.78. The van der Waals surface area contributed by atoms with Crippen molar-refractivity contribution < 1.29 is 0 Å². The van der Waals surface area contributed by atoms with E-state index in [0.717, 1.165) is 20.1 Å². The molecular weight excluding hydrogens is 390 g/mol. The zero-order chi connectivity index (χ0) is 13.4. The van der Waals surface area contributed by atoms with Gasteiger partial charge < -0.3 is 4.98 Å². The van der Waals surface area contributed by atoms with Gasteiger partial charge in [0, 0.05) is 15.1 Å². The third-order valence-electron chi connectivity index (χ3n) is 2.81. The van der Waals surface area contributed by atoms with Crippen LogP contribution in [-0.4, -0.2) is 14.5 Å². The molecule has 0 radical (unpaired) electrons. The maximum atomic E-state index is 5.37. The molecule has 3 nitrogen and oxygen atoms in total. The number of fused-ring (bicyclic) bond motifs is 1. The SMILES string of the molecule is S=c1[nH]c2cc(Br)cnc2n1Cc1cccc(Br)c1. The average Bonchev–Trinajstić information content (AvgIpc) is 2.65. The number of H-pyrrole nitrogens is 1. The molecular formula is C13H9Br2N3S. The molecule has 96 valence electrons. The van der Waals surface area contributed by atoms with Gasteiger partial charge in [0.15, 0.2) is 10.4 Å². The van der Waals surface area contributed by atoms with Crippen molar-refractivity contribution in [2.75, 3.05) is 0 Å². The Morgan fingerprint density at radius 3 is 2.84 bits per heavy atom. The Morgan fingerprint density at radius 2 is 2.05 bits per heavy atom. The van der Waals surface area contributed by atoms with Gasteiger partial charge in [-0.2, -0.15) is 0 Å². The Morgan fingerprint density at radius 1 is 1.21 bits per heavy atom. The minimum absolute atomic E-state index is 0.681. The molecule has 2 aromatic heterocycles. The highest BCUT2D eigenvalue weighted by atomic mass is 79.9. The maximum Gasteiger partial charge on any atom is 0.179 e. The van der Waals surface area contributed by atoms with Crippen LogP contribution < -0.4 is 0 Å². The summed E-state index contributed by atoms with van der Waals surface area (Å²) in [5, 5.41) is 0. The maximum absolute atomic E-state index is 5.37. The summed E-state index contributed by atoms with van der Waals surface area (Å²) in [5.41, 5.74) is 2.98. The standard InChI is InChI=1S/C13H9Br2N3S/c14-9-3-1-2-8(4-9)7-18-12-11(17-13(18)19)5-10(15)6-16-12/h1-6H,7H2,(H,17,19). The summed E-state index contributed by atoms with van der Waals surface area (Å²) in [6.45, 7) is 0.701. The molecule has 0 atom stereocenters. The molecule has 0 bridgehead atoms. The number of pyridine rings is 1. The number of nitrogens with zero attached hydrogens (tertiary/aromatic N) is 2. The minimum atomic E-state index is 0.681. The van der Waals surface area contributed by atoms with E-state index in [0.29, 0.717) is 11.3 Å². The molecule has 0 amide bonds. The monoisotopic (exact) mass is 397 g/mol. The number of hydrogen-bond donors (Lipinski definition) is 1. The van der Waals surface area contributed by atoms with E-state index in [2.05, 4.69) is 54.0 Å². The van der Waals surface area contributed by atoms with Crippen molar-refractivity contribution in [1.29, 1.82) is 0 Å². The number of aromatic amines is 1. The van der Waals surface area contributed by atoms with Crippen LogP contribution >= 0.6 is 44.1 Å². The van der Waals surface area contributed by atoms with Crippen molar-refractivity contribution in [3.63, 3.8) is 0 Å². The van der Waals surface area contributed by atoms with E-state index in [9.17, 15) is 0 Å². The van der Waals surface area contributed by atoms with Gasteiger partial charge in [0.2, 0.25) is 0 Å². The molecule has 0 aliphatic rings. The summed E-state index contributed by atoms with van der Waals surface area (Å²) in [5.74, 6) is 0. The topological polar surface area (TPSA) is 33.6 Å². The molecule has 1 N–H and O–H groups in total. The molecule has 0 saturated heterocycles. The van der Waals surface area contributed by atoms with Crippen LogP contribution in [-0.2, 0) is 6.54 Å². The lowest BCUT2D eigenvalue weighted by molar-refractivity contribution is 0.800. The molecule has 6 heteroatoms. The van der Waals surface area contributed by atoms with Crippen molar-refractivity contribution in [2.45, 2.75) is 6.54 Å². The first-order valence-corrected chi connectivity index (χ1v) is 7.61. The molecule has 0 spiro atoms. The van der Waals surface area contributed by atoms with Gasteiger partial charge in [-0.15, -0.1) is 0 Å². The number of rotatable bonds is 2. The zero-order valence-electron chi connectivity index (χ0n) is 9.73. The van der Waals surface area contributed by atoms with E-state index in [4.69, 9.17) is 12.2 Å². The lowest BCUT2D eigenvalue weighted by atomic mass is 10.2. The van der Waals surface area contributed by atoms with Gasteiger partial charge in [0.1, 0.15) is 0 Å². The van der Waals surface area contributed by atoms with Gasteiger partial charge in [-0.1, -0.05) is 28.1 Å². The first-order chi connectivity index (χ1) is 9.13. The summed E-state index contributed by atoms with van der Waals surface area (Å²) < 4.78 is 4.68. The van der Waals surface area contributed by atoms with Crippen LogP contribution in [0.5, 0.6) is 0 Å². The van der Waals surface area contributed by atoms with Crippen molar-refractivity contribution in [2.24, 2.45) is 0 Å². The quantitative estimate of drug-likeness (QED) is 0.636. The van der Waals surface area contributed by atoms with E-state index < -0.39 is 0 Å². The molecule has 3 rings (SSSR count). The molecule has 3 aromatic rings. The minimum Gasteiger partial charge on any atom is -0.329 e. The van der Waals surface area contributed by atoms with Gasteiger partial charge >= 0.3 is 0 Å². The highest BCUT2D eigenvalue weighted by Crippen LogP contribution is 2.19. The first-order valence-electron chi connectivity index (χ1n) is 5.62. The van der Waals surface area contributed by atoms with E-state index >= 15 is 0 Å². The number of benzene rings is 1. The largest absolute Gasteiger partial charge is 0.329 e. The molecule has 19 heavy (non-hydrogen) atoms. The van der Waals surface area contributed by atoms with Crippen molar-refractivity contribution >= 4 is 55.2 Å². The number of hydrogen-bond acceptors (Lipinski definition) is 2. The number of imidazole rings is 1. The first kappa shape index (κ1) is 13.0. The van der Waals surface area contributed by atoms with Crippen LogP contribution in [0.3, 0.4) is 0 Å². The molecule has 2 heterocycles. The van der Waals surface area contributed by atoms with Gasteiger partial charge in [-0.05, 0) is 51.9 Å². The highest BCUT2D eigenvalue weighted by Gasteiger charge is 2.07. The molecule has 0 saturated carbocycles. The third kappa shape index (κ3) is 2.66. The van der Waals surface area contributed by atoms with Crippen LogP contribution in [0.25, 0.3) is 11.2 Å². The van der Waals surface area contributed by atoms with E-state index in [1.807, 2.05) is 22.8 Å². The average molecular weight is 399 g/mol. The lowest BCUT2D eigenvalue weighted by Crippen LogP contribution is -2.00. The molecule has 0 fully saturated rings. The fourth-order valence-electron chi connectivity index (χ4n) is 1.98. The predicted octanol–water partition coefficient (Wildman–Crippen LogP) is 4.67. The van der Waals surface area contributed by atoms with E-state index in [-0.39, 0.29) is 0 Å². The Kier molecular flexibility index (Phi) is 3.56. The predicted molar refractivity (Wildman–Crippen MR) is 85.9 cm³/mol. The van der Waals surface area contributed by atoms with Crippen molar-refractivity contribution in [3.8, 4) is 0 Å². The molecule has 0 aliphatic heterocycles. The Hall–Kier alpha value is -0.980. The normalized spacial score (nSPS) is 11.1. The fourth-order valence-corrected chi connectivity index (χ4v) is 3.02. The molecule has 1 aromatic carbocycles. The summed E-state index contributed by atoms with van der Waals surface area (Å²) in [7, 11) is 0. The second kappa shape index (κ2) is 5.19. The smallest absolute Gasteiger partial charge is 0.179 e. The van der Waals surface area contributed by atoms with Gasteiger partial charge in [0.05, 0.1) is 12.1 Å². The Balaban J connectivity index is 2.10. The zero-order valence-corrected chi connectivity index (χ0v) is 13.7. The fraction of sp³-hybridized carbons (Fsp3) is 0.0769. The summed E-state index contributed by atoms with van der Waals surface area (Å²) in [4.78, 5) is 7.60. The Labute approximate surface area is 131 Å². The van der Waals surface area contributed by atoms with Crippen LogP contribution in [0, 0.1) is 4.77 Å². The van der Waals surface area contributed by atoms with E-state index in [1.165, 1.54) is 5.56 Å². The molecule has 0 aliphatic carbocycles. The van der Waals surface area contributed by atoms with Crippen LogP contribution in [0.15, 0.2) is 45.5 Å². The van der Waals surface area contributed by atoms with Gasteiger partial charge in [-0.3, -0.25) is 4.57 Å². The van der Waals surface area contributed by atoms with Gasteiger partial charge in [0.25, 0.3) is 0 Å². The second-order valence-corrected chi connectivity index (χ2v) is 6.39. The number of nitrogens with one attached hydrogen (secondary N) is 1. The van der Waals surface area contributed by atoms with Crippen molar-refractivity contribution in [3.05, 3.63) is 55.8 Å². The lowest BCUT2D eigenvalue weighted by Gasteiger charge is -2.04. The number of aromatic nitrogens is 3. The van der Waals surface area contributed by atoms with Crippen molar-refractivity contribution in [1.82, 2.24) is 14.5 Å². The highest BCUT2D eigenvalue weighted by molar-refractivity contribution is 9.10. The summed E-state index contributed by atoms with van der Waals surface area (Å²) in [6, 6.07) is 10.2.